The Morgan fingerprint density at radius 3 is 2.56 bits per heavy atom. The largest absolute Gasteiger partial charge is 0.504 e. The molecule has 1 aromatic carbocycles. The summed E-state index contributed by atoms with van der Waals surface area (Å²) < 4.78 is 5.65. The summed E-state index contributed by atoms with van der Waals surface area (Å²) in [5, 5.41) is 10.1. The van der Waals surface area contributed by atoms with Crippen molar-refractivity contribution in [1.29, 1.82) is 0 Å². The maximum absolute atomic E-state index is 10.1. The molecule has 0 amide bonds. The maximum Gasteiger partial charge on any atom is 0.161 e. The second-order valence-corrected chi connectivity index (χ2v) is 5.66. The average Bonchev–Trinajstić information content (AvgIpc) is 2.98. The van der Waals surface area contributed by atoms with Crippen LogP contribution in [0.3, 0.4) is 0 Å². The molecule has 0 aliphatic heterocycles. The molecule has 2 heteroatoms. The quantitative estimate of drug-likeness (QED) is 0.845. The molecule has 2 rings (SSSR count). The van der Waals surface area contributed by atoms with Crippen LogP contribution in [-0.2, 0) is 5.41 Å². The van der Waals surface area contributed by atoms with Crippen molar-refractivity contribution >= 4 is 0 Å². The molecule has 1 saturated carbocycles. The number of phenols is 1. The van der Waals surface area contributed by atoms with Gasteiger partial charge >= 0.3 is 0 Å². The zero-order chi connectivity index (χ0) is 11.8. The van der Waals surface area contributed by atoms with Gasteiger partial charge in [-0.05, 0) is 30.2 Å². The fourth-order valence-electron chi connectivity index (χ4n) is 1.74. The minimum Gasteiger partial charge on any atom is -0.504 e. The van der Waals surface area contributed by atoms with E-state index in [4.69, 9.17) is 4.74 Å². The number of hydrogen-bond donors (Lipinski definition) is 1. The predicted octanol–water partition coefficient (Wildman–Crippen LogP) is 3.48. The number of ether oxygens (including phenoxy) is 1. The summed E-state index contributed by atoms with van der Waals surface area (Å²) in [6.07, 6.45) is 2.53. The van der Waals surface area contributed by atoms with E-state index in [2.05, 4.69) is 20.8 Å². The first-order valence-electron chi connectivity index (χ1n) is 5.94. The van der Waals surface area contributed by atoms with Crippen LogP contribution in [0.5, 0.6) is 11.5 Å². The van der Waals surface area contributed by atoms with Crippen molar-refractivity contribution in [2.24, 2.45) is 5.92 Å². The summed E-state index contributed by atoms with van der Waals surface area (Å²) in [5.74, 6) is 1.63. The van der Waals surface area contributed by atoms with Gasteiger partial charge in [0.1, 0.15) is 0 Å². The van der Waals surface area contributed by atoms with Crippen molar-refractivity contribution < 1.29 is 9.84 Å². The Bertz CT molecular complexity index is 373. The highest BCUT2D eigenvalue weighted by Crippen LogP contribution is 2.38. The van der Waals surface area contributed by atoms with Gasteiger partial charge in [0.05, 0.1) is 6.61 Å². The Hall–Kier alpha value is -1.18. The van der Waals surface area contributed by atoms with Gasteiger partial charge < -0.3 is 9.84 Å². The number of hydrogen-bond acceptors (Lipinski definition) is 2. The second-order valence-electron chi connectivity index (χ2n) is 5.66. The van der Waals surface area contributed by atoms with Gasteiger partial charge in [0, 0.05) is 5.56 Å². The third-order valence-electron chi connectivity index (χ3n) is 2.98. The Kier molecular flexibility index (Phi) is 2.83. The van der Waals surface area contributed by atoms with Crippen LogP contribution >= 0.6 is 0 Å². The Morgan fingerprint density at radius 2 is 2.00 bits per heavy atom. The normalized spacial score (nSPS) is 16.2. The highest BCUT2D eigenvalue weighted by molar-refractivity contribution is 5.48. The van der Waals surface area contributed by atoms with E-state index in [9.17, 15) is 5.11 Å². The summed E-state index contributed by atoms with van der Waals surface area (Å²) in [6, 6.07) is 5.74. The molecule has 1 fully saturated rings. The minimum atomic E-state index is -0.0525. The molecule has 0 spiro atoms. The zero-order valence-electron chi connectivity index (χ0n) is 10.3. The van der Waals surface area contributed by atoms with Crippen molar-refractivity contribution in [2.75, 3.05) is 6.61 Å². The molecule has 0 bridgehead atoms. The molecule has 2 nitrogen and oxygen atoms in total. The molecule has 1 N–H and O–H groups in total. The van der Waals surface area contributed by atoms with Crippen LogP contribution in [0.25, 0.3) is 0 Å². The third kappa shape index (κ3) is 2.49. The minimum absolute atomic E-state index is 0.0525. The third-order valence-corrected chi connectivity index (χ3v) is 2.98. The summed E-state index contributed by atoms with van der Waals surface area (Å²) >= 11 is 0. The summed E-state index contributed by atoms with van der Waals surface area (Å²) in [6.45, 7) is 7.01. The number of rotatable bonds is 3. The van der Waals surface area contributed by atoms with Gasteiger partial charge in [-0.3, -0.25) is 0 Å². The first-order chi connectivity index (χ1) is 7.48. The molecule has 1 aromatic rings. The maximum atomic E-state index is 10.1. The van der Waals surface area contributed by atoms with Gasteiger partial charge in [0.15, 0.2) is 11.5 Å². The van der Waals surface area contributed by atoms with Crippen LogP contribution in [0.1, 0.15) is 39.2 Å². The number of benzene rings is 1. The van der Waals surface area contributed by atoms with E-state index in [-0.39, 0.29) is 5.41 Å². The van der Waals surface area contributed by atoms with Gasteiger partial charge in [-0.25, -0.2) is 0 Å². The molecule has 0 heterocycles. The summed E-state index contributed by atoms with van der Waals surface area (Å²) in [4.78, 5) is 0. The molecule has 1 aliphatic carbocycles. The van der Waals surface area contributed by atoms with Crippen molar-refractivity contribution in [1.82, 2.24) is 0 Å². The van der Waals surface area contributed by atoms with E-state index in [1.165, 1.54) is 12.8 Å². The van der Waals surface area contributed by atoms with E-state index in [1.807, 2.05) is 18.2 Å². The predicted molar refractivity (Wildman–Crippen MR) is 65.0 cm³/mol. The Balaban J connectivity index is 2.17. The lowest BCUT2D eigenvalue weighted by molar-refractivity contribution is 0.282. The van der Waals surface area contributed by atoms with Crippen molar-refractivity contribution in [3.05, 3.63) is 23.8 Å². The summed E-state index contributed by atoms with van der Waals surface area (Å²) in [5.41, 5.74) is 0.893. The highest BCUT2D eigenvalue weighted by Gasteiger charge is 2.24. The number of para-hydroxylation sites is 1. The van der Waals surface area contributed by atoms with E-state index in [0.29, 0.717) is 17.4 Å². The van der Waals surface area contributed by atoms with E-state index in [0.717, 1.165) is 12.2 Å². The van der Waals surface area contributed by atoms with Crippen LogP contribution in [0.4, 0.5) is 0 Å². The van der Waals surface area contributed by atoms with Crippen molar-refractivity contribution in [2.45, 2.75) is 39.0 Å². The zero-order valence-corrected chi connectivity index (χ0v) is 10.3. The second kappa shape index (κ2) is 4.00. The summed E-state index contributed by atoms with van der Waals surface area (Å²) in [7, 11) is 0. The molecule has 0 radical (unpaired) electrons. The molecule has 0 unspecified atom stereocenters. The van der Waals surface area contributed by atoms with Gasteiger partial charge in [-0.15, -0.1) is 0 Å². The molecule has 16 heavy (non-hydrogen) atoms. The van der Waals surface area contributed by atoms with Crippen molar-refractivity contribution in [3.8, 4) is 11.5 Å². The van der Waals surface area contributed by atoms with Gasteiger partial charge in [0.2, 0.25) is 0 Å². The van der Waals surface area contributed by atoms with E-state index < -0.39 is 0 Å². The molecular formula is C14H20O2. The Labute approximate surface area is 97.3 Å². The SMILES string of the molecule is CC(C)(C)c1cccc(OCC2CC2)c1O. The van der Waals surface area contributed by atoms with E-state index in [1.54, 1.807) is 0 Å². The molecule has 0 aromatic heterocycles. The molecule has 0 atom stereocenters. The average molecular weight is 220 g/mol. The number of aromatic hydroxyl groups is 1. The van der Waals surface area contributed by atoms with Crippen LogP contribution in [0.2, 0.25) is 0 Å². The fourth-order valence-corrected chi connectivity index (χ4v) is 1.74. The molecule has 1 aliphatic rings. The highest BCUT2D eigenvalue weighted by atomic mass is 16.5. The van der Waals surface area contributed by atoms with Crippen LogP contribution in [-0.4, -0.2) is 11.7 Å². The first-order valence-corrected chi connectivity index (χ1v) is 5.94. The first kappa shape index (κ1) is 11.3. The van der Waals surface area contributed by atoms with Gasteiger partial charge in [-0.2, -0.15) is 0 Å². The molecule has 88 valence electrons. The smallest absolute Gasteiger partial charge is 0.161 e. The lowest BCUT2D eigenvalue weighted by atomic mass is 9.86. The van der Waals surface area contributed by atoms with Gasteiger partial charge in [-0.1, -0.05) is 32.9 Å². The Morgan fingerprint density at radius 1 is 1.31 bits per heavy atom. The lowest BCUT2D eigenvalue weighted by Gasteiger charge is -2.21. The van der Waals surface area contributed by atoms with Crippen molar-refractivity contribution in [3.63, 3.8) is 0 Å². The van der Waals surface area contributed by atoms with Crippen LogP contribution in [0, 0.1) is 5.92 Å². The number of phenolic OH excluding ortho intramolecular Hbond substituents is 1. The standard InChI is InChI=1S/C14H20O2/c1-14(2,3)11-5-4-6-12(13(11)15)16-9-10-7-8-10/h4-6,10,15H,7-9H2,1-3H3. The van der Waals surface area contributed by atoms with Crippen LogP contribution < -0.4 is 4.74 Å². The lowest BCUT2D eigenvalue weighted by Crippen LogP contribution is -2.12. The molecular weight excluding hydrogens is 200 g/mol. The topological polar surface area (TPSA) is 29.5 Å². The molecule has 0 saturated heterocycles. The van der Waals surface area contributed by atoms with Crippen LogP contribution in [0.15, 0.2) is 18.2 Å². The van der Waals surface area contributed by atoms with E-state index >= 15 is 0 Å². The fraction of sp³-hybridized carbons (Fsp3) is 0.571. The van der Waals surface area contributed by atoms with Gasteiger partial charge in [0.25, 0.3) is 0 Å². The monoisotopic (exact) mass is 220 g/mol.